The quantitative estimate of drug-likeness (QED) is 0.739. The van der Waals surface area contributed by atoms with Gasteiger partial charge in [-0.2, -0.15) is 0 Å². The Bertz CT molecular complexity index is 659. The number of rotatable bonds is 5. The van der Waals surface area contributed by atoms with Crippen molar-refractivity contribution >= 4 is 48.0 Å². The van der Waals surface area contributed by atoms with Gasteiger partial charge in [0.2, 0.25) is 5.91 Å². The lowest BCUT2D eigenvalue weighted by Crippen LogP contribution is -2.76. The van der Waals surface area contributed by atoms with E-state index in [0.717, 1.165) is 30.2 Å². The maximum absolute atomic E-state index is 12.8. The molecule has 3 N–H and O–H groups in total. The molecule has 1 heterocycles. The molecule has 1 aromatic rings. The van der Waals surface area contributed by atoms with E-state index in [9.17, 15) is 4.79 Å². The van der Waals surface area contributed by atoms with E-state index in [1.807, 2.05) is 45.0 Å². The molecule has 5 nitrogen and oxygen atoms in total. The predicted octanol–water partition coefficient (Wildman–Crippen LogP) is 3.41. The van der Waals surface area contributed by atoms with Gasteiger partial charge in [-0.1, -0.05) is 31.5 Å². The molecular weight excluding hydrogens is 409 g/mol. The number of hydrogen-bond acceptors (Lipinski definition) is 4. The monoisotopic (exact) mass is 437 g/mol. The molecule has 1 aliphatic carbocycles. The van der Waals surface area contributed by atoms with Crippen molar-refractivity contribution in [1.82, 2.24) is 5.32 Å². The highest BCUT2D eigenvalue weighted by atomic mass is 35.5. The maximum Gasteiger partial charge on any atom is 0.241 e. The van der Waals surface area contributed by atoms with Gasteiger partial charge in [-0.25, -0.2) is 0 Å². The van der Waals surface area contributed by atoms with Crippen LogP contribution in [0, 0.1) is 5.41 Å². The molecule has 0 bridgehead atoms. The summed E-state index contributed by atoms with van der Waals surface area (Å²) < 4.78 is 5.71. The Hall–Kier alpha value is -0.720. The Kier molecular flexibility index (Phi) is 8.27. The van der Waals surface area contributed by atoms with Gasteiger partial charge >= 0.3 is 0 Å². The number of carbonyl (C=O) groups excluding carboxylic acids is 1. The number of nitrogens with one attached hydrogen (secondary N) is 1. The molecule has 0 radical (unpaired) electrons. The van der Waals surface area contributed by atoms with E-state index in [1.54, 1.807) is 0 Å². The van der Waals surface area contributed by atoms with Gasteiger partial charge in [0.05, 0.1) is 6.10 Å². The van der Waals surface area contributed by atoms with Crippen molar-refractivity contribution in [3.8, 4) is 0 Å². The Labute approximate surface area is 179 Å². The zero-order valence-corrected chi connectivity index (χ0v) is 18.4. The third-order valence-corrected chi connectivity index (χ3v) is 6.17. The lowest BCUT2D eigenvalue weighted by Gasteiger charge is -2.57. The predicted molar refractivity (Wildman–Crippen MR) is 115 cm³/mol. The van der Waals surface area contributed by atoms with Gasteiger partial charge in [-0.05, 0) is 31.5 Å². The molecule has 27 heavy (non-hydrogen) atoms. The highest BCUT2D eigenvalue weighted by molar-refractivity contribution is 6.30. The lowest BCUT2D eigenvalue weighted by atomic mass is 9.54. The first-order chi connectivity index (χ1) is 11.8. The summed E-state index contributed by atoms with van der Waals surface area (Å²) in [5.74, 6) is -0.0635. The van der Waals surface area contributed by atoms with E-state index in [2.05, 4.69) is 10.2 Å². The molecule has 1 saturated carbocycles. The van der Waals surface area contributed by atoms with Crippen molar-refractivity contribution in [2.75, 3.05) is 24.6 Å². The molecule has 1 aliphatic heterocycles. The van der Waals surface area contributed by atoms with Crippen molar-refractivity contribution in [3.05, 3.63) is 29.3 Å². The third-order valence-electron chi connectivity index (χ3n) is 5.93. The van der Waals surface area contributed by atoms with Crippen molar-refractivity contribution < 1.29 is 9.53 Å². The van der Waals surface area contributed by atoms with Crippen LogP contribution in [-0.4, -0.2) is 43.3 Å². The average molecular weight is 439 g/mol. The average Bonchev–Trinajstić information content (AvgIpc) is 3.03. The van der Waals surface area contributed by atoms with Gasteiger partial charge in [0, 0.05) is 48.3 Å². The summed E-state index contributed by atoms with van der Waals surface area (Å²) in [5.41, 5.74) is 6.33. The molecule has 3 unspecified atom stereocenters. The van der Waals surface area contributed by atoms with Crippen LogP contribution in [0.1, 0.15) is 33.6 Å². The normalized spacial score (nSPS) is 28.6. The highest BCUT2D eigenvalue weighted by Gasteiger charge is 2.63. The zero-order valence-electron chi connectivity index (χ0n) is 16.0. The molecule has 154 valence electrons. The largest absolute Gasteiger partial charge is 0.378 e. The summed E-state index contributed by atoms with van der Waals surface area (Å²) >= 11 is 6.08. The first-order valence-corrected chi connectivity index (χ1v) is 9.37. The number of ether oxygens (including phenoxy) is 1. The van der Waals surface area contributed by atoms with Gasteiger partial charge < -0.3 is 20.7 Å². The Morgan fingerprint density at radius 1 is 1.41 bits per heavy atom. The second-order valence-corrected chi connectivity index (χ2v) is 8.16. The van der Waals surface area contributed by atoms with Crippen LogP contribution in [0.2, 0.25) is 5.02 Å². The van der Waals surface area contributed by atoms with Gasteiger partial charge in [0.1, 0.15) is 5.54 Å². The summed E-state index contributed by atoms with van der Waals surface area (Å²) in [5, 5.41) is 3.89. The van der Waals surface area contributed by atoms with Crippen molar-refractivity contribution in [2.45, 2.75) is 51.3 Å². The molecule has 1 amide bonds. The fourth-order valence-electron chi connectivity index (χ4n) is 3.92. The Balaban J connectivity index is 0.00000182. The van der Waals surface area contributed by atoms with Crippen LogP contribution < -0.4 is 16.0 Å². The van der Waals surface area contributed by atoms with Crippen molar-refractivity contribution in [3.63, 3.8) is 0 Å². The number of benzene rings is 1. The van der Waals surface area contributed by atoms with Crippen LogP contribution >= 0.6 is 36.4 Å². The van der Waals surface area contributed by atoms with Crippen LogP contribution in [0.15, 0.2) is 24.3 Å². The van der Waals surface area contributed by atoms with Crippen molar-refractivity contribution in [2.24, 2.45) is 11.1 Å². The summed E-state index contributed by atoms with van der Waals surface area (Å²) in [6.45, 7) is 8.32. The van der Waals surface area contributed by atoms with Gasteiger partial charge in [-0.15, -0.1) is 24.8 Å². The first kappa shape index (κ1) is 24.3. The molecule has 3 rings (SSSR count). The Morgan fingerprint density at radius 3 is 2.70 bits per heavy atom. The van der Waals surface area contributed by atoms with Crippen LogP contribution in [0.3, 0.4) is 0 Å². The number of amides is 1. The summed E-state index contributed by atoms with van der Waals surface area (Å²) in [6.07, 6.45) is 1.52. The minimum absolute atomic E-state index is 0. The fourth-order valence-corrected chi connectivity index (χ4v) is 4.10. The van der Waals surface area contributed by atoms with Crippen LogP contribution in [0.5, 0.6) is 0 Å². The summed E-state index contributed by atoms with van der Waals surface area (Å²) in [6, 6.07) is 7.92. The molecule has 8 heteroatoms. The molecule has 1 aromatic carbocycles. The van der Waals surface area contributed by atoms with Crippen LogP contribution in [0.25, 0.3) is 0 Å². The molecule has 3 atom stereocenters. The van der Waals surface area contributed by atoms with Crippen LogP contribution in [-0.2, 0) is 9.53 Å². The molecular formula is C19H30Cl3N3O2. The van der Waals surface area contributed by atoms with Gasteiger partial charge in [0.15, 0.2) is 0 Å². The molecule has 2 fully saturated rings. The number of nitrogens with two attached hydrogens (primary N) is 1. The maximum atomic E-state index is 12.8. The minimum atomic E-state index is -0.865. The van der Waals surface area contributed by atoms with Crippen molar-refractivity contribution in [1.29, 1.82) is 0 Å². The molecule has 1 saturated heterocycles. The number of nitrogens with zero attached hydrogens (tertiary/aromatic N) is 1. The van der Waals surface area contributed by atoms with Gasteiger partial charge in [-0.3, -0.25) is 4.79 Å². The van der Waals surface area contributed by atoms with E-state index >= 15 is 0 Å². The second-order valence-electron chi connectivity index (χ2n) is 7.73. The Morgan fingerprint density at radius 2 is 2.11 bits per heavy atom. The molecule has 0 spiro atoms. The molecule has 2 aliphatic rings. The minimum Gasteiger partial charge on any atom is -0.378 e. The number of carbonyl (C=O) groups is 1. The lowest BCUT2D eigenvalue weighted by molar-refractivity contribution is -0.171. The first-order valence-electron chi connectivity index (χ1n) is 9.00. The van der Waals surface area contributed by atoms with Gasteiger partial charge in [0.25, 0.3) is 0 Å². The molecule has 0 aromatic heterocycles. The zero-order chi connectivity index (χ0) is 18.2. The summed E-state index contributed by atoms with van der Waals surface area (Å²) in [7, 11) is 0. The summed E-state index contributed by atoms with van der Waals surface area (Å²) in [4.78, 5) is 15.1. The smallest absolute Gasteiger partial charge is 0.241 e. The highest BCUT2D eigenvalue weighted by Crippen LogP contribution is 2.49. The standard InChI is InChI=1S/C19H28ClN3O2.2ClH/c1-4-25-16-11-19(21,18(16,2)3)17(24)22-14-8-9-23(12-14)15-7-5-6-13(20)10-15;;/h5-7,10,14,16H,4,8-9,11-12,21H2,1-3H3,(H,22,24);2*1H. The van der Waals surface area contributed by atoms with E-state index in [4.69, 9.17) is 22.1 Å². The number of hydrogen-bond donors (Lipinski definition) is 2. The van der Waals surface area contributed by atoms with E-state index in [-0.39, 0.29) is 48.3 Å². The number of anilines is 1. The fraction of sp³-hybridized carbons (Fsp3) is 0.632. The SMILES string of the molecule is CCOC1CC(N)(C(=O)NC2CCN(c3cccc(Cl)c3)C2)C1(C)C.Cl.Cl. The number of halogens is 3. The van der Waals surface area contributed by atoms with E-state index in [0.29, 0.717) is 13.0 Å². The van der Waals surface area contributed by atoms with E-state index < -0.39 is 5.54 Å². The second kappa shape index (κ2) is 9.19. The third kappa shape index (κ3) is 4.48. The van der Waals surface area contributed by atoms with Crippen LogP contribution in [0.4, 0.5) is 5.69 Å². The topological polar surface area (TPSA) is 67.6 Å². The van der Waals surface area contributed by atoms with E-state index in [1.165, 1.54) is 0 Å².